The lowest BCUT2D eigenvalue weighted by Gasteiger charge is -2.13. The molecule has 0 radical (unpaired) electrons. The highest BCUT2D eigenvalue weighted by atomic mass is 32.2. The molecule has 1 aliphatic carbocycles. The third-order valence-corrected chi connectivity index (χ3v) is 4.47. The fraction of sp³-hybridized carbons (Fsp3) is 0.533. The first-order valence-electron chi connectivity index (χ1n) is 7.49. The van der Waals surface area contributed by atoms with E-state index in [1.165, 1.54) is 12.8 Å². The van der Waals surface area contributed by atoms with Crippen LogP contribution in [0.25, 0.3) is 0 Å². The van der Waals surface area contributed by atoms with Crippen molar-refractivity contribution >= 4 is 15.9 Å². The number of benzene rings is 1. The lowest BCUT2D eigenvalue weighted by Crippen LogP contribution is -2.27. The quantitative estimate of drug-likeness (QED) is 0.740. The van der Waals surface area contributed by atoms with Crippen LogP contribution in [0.5, 0.6) is 5.75 Å². The van der Waals surface area contributed by atoms with Crippen molar-refractivity contribution in [2.45, 2.75) is 38.2 Å². The molecular formula is C15H22N2O4S. The smallest absolute Gasteiger partial charge is 0.251 e. The van der Waals surface area contributed by atoms with Crippen LogP contribution in [0.4, 0.5) is 0 Å². The molecule has 2 rings (SSSR count). The molecule has 0 bridgehead atoms. The summed E-state index contributed by atoms with van der Waals surface area (Å²) < 4.78 is 27.4. The zero-order chi connectivity index (χ0) is 16.0. The van der Waals surface area contributed by atoms with Crippen LogP contribution in [0.3, 0.4) is 0 Å². The van der Waals surface area contributed by atoms with Crippen molar-refractivity contribution in [2.24, 2.45) is 5.14 Å². The molecule has 6 nitrogen and oxygen atoms in total. The Kier molecular flexibility index (Phi) is 5.79. The third-order valence-electron chi connectivity index (χ3n) is 3.61. The van der Waals surface area contributed by atoms with E-state index in [2.05, 4.69) is 5.32 Å². The number of hydrogen-bond donors (Lipinski definition) is 2. The van der Waals surface area contributed by atoms with E-state index in [1.54, 1.807) is 24.3 Å². The molecular weight excluding hydrogens is 304 g/mol. The van der Waals surface area contributed by atoms with Gasteiger partial charge in [0.1, 0.15) is 5.75 Å². The fourth-order valence-electron chi connectivity index (χ4n) is 2.46. The maximum absolute atomic E-state index is 11.9. The molecule has 0 atom stereocenters. The maximum atomic E-state index is 11.9. The van der Waals surface area contributed by atoms with E-state index in [1.807, 2.05) is 0 Å². The topological polar surface area (TPSA) is 98.5 Å². The van der Waals surface area contributed by atoms with Gasteiger partial charge in [0.2, 0.25) is 10.0 Å². The van der Waals surface area contributed by atoms with Crippen LogP contribution >= 0.6 is 0 Å². The molecule has 0 saturated heterocycles. The number of primary sulfonamides is 1. The highest BCUT2D eigenvalue weighted by Gasteiger charge is 2.16. The Morgan fingerprint density at radius 2 is 1.86 bits per heavy atom. The van der Waals surface area contributed by atoms with Crippen LogP contribution in [0.15, 0.2) is 24.3 Å². The molecule has 0 unspecified atom stereocenters. The SMILES string of the molecule is NS(=O)(=O)CCCNC(=O)c1ccc(OC2CCCC2)cc1. The van der Waals surface area contributed by atoms with E-state index in [0.717, 1.165) is 18.6 Å². The summed E-state index contributed by atoms with van der Waals surface area (Å²) in [5, 5.41) is 7.56. The second-order valence-corrected chi connectivity index (χ2v) is 7.26. The van der Waals surface area contributed by atoms with Gasteiger partial charge in [0.25, 0.3) is 5.91 Å². The standard InChI is InChI=1S/C15H22N2O4S/c16-22(19,20)11-3-10-17-15(18)12-6-8-14(9-7-12)21-13-4-1-2-5-13/h6-9,13H,1-5,10-11H2,(H,17,18)(H2,16,19,20). The Bertz CT molecular complexity index is 592. The molecule has 1 saturated carbocycles. The van der Waals surface area contributed by atoms with Crippen LogP contribution in [0, 0.1) is 0 Å². The molecule has 1 aromatic rings. The van der Waals surface area contributed by atoms with Crippen LogP contribution in [-0.2, 0) is 10.0 Å². The lowest BCUT2D eigenvalue weighted by atomic mass is 10.2. The molecule has 0 spiro atoms. The van der Waals surface area contributed by atoms with Crippen molar-refractivity contribution in [3.63, 3.8) is 0 Å². The van der Waals surface area contributed by atoms with Gasteiger partial charge in [0.15, 0.2) is 0 Å². The number of carbonyl (C=O) groups excluding carboxylic acids is 1. The lowest BCUT2D eigenvalue weighted by molar-refractivity contribution is 0.0953. The molecule has 0 heterocycles. The first kappa shape index (κ1) is 16.8. The van der Waals surface area contributed by atoms with E-state index in [0.29, 0.717) is 12.0 Å². The predicted molar refractivity (Wildman–Crippen MR) is 84.3 cm³/mol. The number of ether oxygens (including phenoxy) is 1. The van der Waals surface area contributed by atoms with Gasteiger partial charge in [-0.25, -0.2) is 13.6 Å². The summed E-state index contributed by atoms with van der Waals surface area (Å²) in [6.45, 7) is 0.273. The summed E-state index contributed by atoms with van der Waals surface area (Å²) in [6.07, 6.45) is 5.19. The Hall–Kier alpha value is -1.60. The van der Waals surface area contributed by atoms with E-state index >= 15 is 0 Å². The molecule has 22 heavy (non-hydrogen) atoms. The van der Waals surface area contributed by atoms with Gasteiger partial charge >= 0.3 is 0 Å². The molecule has 1 fully saturated rings. The Balaban J connectivity index is 1.77. The highest BCUT2D eigenvalue weighted by molar-refractivity contribution is 7.89. The summed E-state index contributed by atoms with van der Waals surface area (Å²) in [6, 6.07) is 6.99. The van der Waals surface area contributed by atoms with Gasteiger partial charge in [-0.1, -0.05) is 0 Å². The Morgan fingerprint density at radius 1 is 1.23 bits per heavy atom. The minimum atomic E-state index is -3.47. The molecule has 7 heteroatoms. The second kappa shape index (κ2) is 7.60. The normalized spacial score (nSPS) is 15.7. The average molecular weight is 326 g/mol. The maximum Gasteiger partial charge on any atom is 0.251 e. The number of amides is 1. The summed E-state index contributed by atoms with van der Waals surface area (Å²) in [7, 11) is -3.47. The molecule has 1 amide bonds. The van der Waals surface area contributed by atoms with Crippen molar-refractivity contribution in [2.75, 3.05) is 12.3 Å². The average Bonchev–Trinajstić information content (AvgIpc) is 2.96. The summed E-state index contributed by atoms with van der Waals surface area (Å²) in [5.74, 6) is 0.404. The second-order valence-electron chi connectivity index (χ2n) is 5.53. The summed E-state index contributed by atoms with van der Waals surface area (Å²) in [4.78, 5) is 11.9. The Labute approximate surface area is 131 Å². The summed E-state index contributed by atoms with van der Waals surface area (Å²) in [5.41, 5.74) is 0.523. The number of nitrogens with one attached hydrogen (secondary N) is 1. The van der Waals surface area contributed by atoms with Gasteiger partial charge in [0, 0.05) is 12.1 Å². The molecule has 1 aliphatic rings. The number of nitrogens with two attached hydrogens (primary N) is 1. The van der Waals surface area contributed by atoms with Gasteiger partial charge < -0.3 is 10.1 Å². The van der Waals surface area contributed by atoms with E-state index < -0.39 is 10.0 Å². The van der Waals surface area contributed by atoms with Crippen molar-refractivity contribution in [3.8, 4) is 5.75 Å². The Morgan fingerprint density at radius 3 is 2.45 bits per heavy atom. The van der Waals surface area contributed by atoms with Crippen molar-refractivity contribution in [3.05, 3.63) is 29.8 Å². The van der Waals surface area contributed by atoms with E-state index in [9.17, 15) is 13.2 Å². The molecule has 1 aromatic carbocycles. The highest BCUT2D eigenvalue weighted by Crippen LogP contribution is 2.24. The number of rotatable bonds is 7. The molecule has 0 aromatic heterocycles. The third kappa shape index (κ3) is 5.65. The largest absolute Gasteiger partial charge is 0.490 e. The van der Waals surface area contributed by atoms with Gasteiger partial charge in [-0.2, -0.15) is 0 Å². The molecule has 122 valence electrons. The number of hydrogen-bond acceptors (Lipinski definition) is 4. The monoisotopic (exact) mass is 326 g/mol. The van der Waals surface area contributed by atoms with Crippen LogP contribution in [0.2, 0.25) is 0 Å². The van der Waals surface area contributed by atoms with Crippen LogP contribution < -0.4 is 15.2 Å². The minimum Gasteiger partial charge on any atom is -0.490 e. The first-order valence-corrected chi connectivity index (χ1v) is 9.21. The van der Waals surface area contributed by atoms with Crippen molar-refractivity contribution < 1.29 is 17.9 Å². The zero-order valence-corrected chi connectivity index (χ0v) is 13.3. The summed E-state index contributed by atoms with van der Waals surface area (Å²) >= 11 is 0. The van der Waals surface area contributed by atoms with Gasteiger partial charge in [0.05, 0.1) is 11.9 Å². The minimum absolute atomic E-state index is 0.137. The van der Waals surface area contributed by atoms with Gasteiger partial charge in [-0.15, -0.1) is 0 Å². The van der Waals surface area contributed by atoms with Crippen molar-refractivity contribution in [1.29, 1.82) is 0 Å². The predicted octanol–water partition coefficient (Wildman–Crippen LogP) is 1.42. The van der Waals surface area contributed by atoms with Crippen LogP contribution in [-0.4, -0.2) is 32.7 Å². The van der Waals surface area contributed by atoms with Crippen molar-refractivity contribution in [1.82, 2.24) is 5.32 Å². The molecule has 3 N–H and O–H groups in total. The van der Waals surface area contributed by atoms with Gasteiger partial charge in [-0.3, -0.25) is 4.79 Å². The molecule has 0 aliphatic heterocycles. The number of sulfonamides is 1. The fourth-order valence-corrected chi connectivity index (χ4v) is 3.01. The number of carbonyl (C=O) groups is 1. The first-order chi connectivity index (χ1) is 10.4. The van der Waals surface area contributed by atoms with E-state index in [-0.39, 0.29) is 24.3 Å². The van der Waals surface area contributed by atoms with Crippen LogP contribution in [0.1, 0.15) is 42.5 Å². The zero-order valence-electron chi connectivity index (χ0n) is 12.5. The van der Waals surface area contributed by atoms with Gasteiger partial charge in [-0.05, 0) is 56.4 Å². The van der Waals surface area contributed by atoms with E-state index in [4.69, 9.17) is 9.88 Å².